The van der Waals surface area contributed by atoms with E-state index in [1.807, 2.05) is 0 Å². The van der Waals surface area contributed by atoms with Crippen molar-refractivity contribution in [2.75, 3.05) is 23.3 Å². The van der Waals surface area contributed by atoms with Crippen LogP contribution in [0.4, 0.5) is 30.4 Å². The van der Waals surface area contributed by atoms with E-state index in [0.717, 1.165) is 6.20 Å². The summed E-state index contributed by atoms with van der Waals surface area (Å²) in [6, 6.07) is 6.33. The van der Waals surface area contributed by atoms with Gasteiger partial charge >= 0.3 is 12.1 Å². The second kappa shape index (κ2) is 9.20. The molecule has 11 heteroatoms. The average molecular weight is 461 g/mol. The van der Waals surface area contributed by atoms with E-state index < -0.39 is 12.1 Å². The first-order chi connectivity index (χ1) is 14.2. The van der Waals surface area contributed by atoms with Crippen molar-refractivity contribution in [3.63, 3.8) is 0 Å². The van der Waals surface area contributed by atoms with Crippen LogP contribution in [0, 0.1) is 5.92 Å². The molecule has 1 aliphatic heterocycles. The molecule has 1 aliphatic rings. The van der Waals surface area contributed by atoms with E-state index in [1.165, 1.54) is 30.3 Å². The fourth-order valence-corrected chi connectivity index (χ4v) is 3.37. The molecule has 0 bridgehead atoms. The Kier molecular flexibility index (Phi) is 6.84. The number of pyridine rings is 1. The number of piperidine rings is 1. The maximum Gasteiger partial charge on any atom is 0.472 e. The molecule has 2 aromatic rings. The lowest BCUT2D eigenvalue weighted by Crippen LogP contribution is -2.39. The molecule has 2 N–H and O–H groups in total. The van der Waals surface area contributed by atoms with Gasteiger partial charge in [-0.3, -0.25) is 14.5 Å². The summed E-state index contributed by atoms with van der Waals surface area (Å²) in [5.74, 6) is -3.14. The Morgan fingerprint density at radius 1 is 1.10 bits per heavy atom. The molecule has 0 saturated carbocycles. The van der Waals surface area contributed by atoms with Crippen LogP contribution < -0.4 is 15.5 Å². The third-order valence-electron chi connectivity index (χ3n) is 4.55. The largest absolute Gasteiger partial charge is 0.472 e. The van der Waals surface area contributed by atoms with E-state index in [0.29, 0.717) is 30.8 Å². The molecule has 0 atom stereocenters. The van der Waals surface area contributed by atoms with Gasteiger partial charge in [-0.05, 0) is 56.3 Å². The van der Waals surface area contributed by atoms with Crippen molar-refractivity contribution >= 4 is 52.2 Å². The SMILES string of the molecule is O=C(Nc1cc(Cl)ccc1N(C(=O)C(F)(F)F)c1ccc(Cl)cn1)C1CCNCC1. The number of halogens is 5. The second-order valence-corrected chi connectivity index (χ2v) is 7.52. The van der Waals surface area contributed by atoms with Gasteiger partial charge in [-0.15, -0.1) is 0 Å². The molecular weight excluding hydrogens is 444 g/mol. The number of amides is 2. The Morgan fingerprint density at radius 2 is 1.77 bits per heavy atom. The van der Waals surface area contributed by atoms with E-state index in [-0.39, 0.29) is 39.1 Å². The molecule has 6 nitrogen and oxygen atoms in total. The molecule has 0 aliphatic carbocycles. The molecule has 1 aromatic heterocycles. The molecule has 2 heterocycles. The highest BCUT2D eigenvalue weighted by Gasteiger charge is 2.45. The highest BCUT2D eigenvalue weighted by molar-refractivity contribution is 6.31. The van der Waals surface area contributed by atoms with E-state index in [4.69, 9.17) is 23.2 Å². The lowest BCUT2D eigenvalue weighted by Gasteiger charge is -2.27. The lowest BCUT2D eigenvalue weighted by atomic mass is 9.97. The molecule has 1 aromatic carbocycles. The predicted octanol–water partition coefficient (Wildman–Crippen LogP) is 4.55. The number of hydrogen-bond acceptors (Lipinski definition) is 4. The molecule has 0 radical (unpaired) electrons. The van der Waals surface area contributed by atoms with Crippen molar-refractivity contribution in [2.45, 2.75) is 19.0 Å². The number of benzene rings is 1. The maximum atomic E-state index is 13.3. The van der Waals surface area contributed by atoms with Crippen LogP contribution in [-0.4, -0.2) is 36.1 Å². The van der Waals surface area contributed by atoms with Gasteiger partial charge in [-0.1, -0.05) is 23.2 Å². The smallest absolute Gasteiger partial charge is 0.324 e. The fourth-order valence-electron chi connectivity index (χ4n) is 3.09. The zero-order chi connectivity index (χ0) is 21.9. The first-order valence-electron chi connectivity index (χ1n) is 9.01. The molecule has 160 valence electrons. The van der Waals surface area contributed by atoms with Crippen LogP contribution in [0.3, 0.4) is 0 Å². The van der Waals surface area contributed by atoms with Gasteiger partial charge in [0.05, 0.1) is 16.4 Å². The van der Waals surface area contributed by atoms with E-state index >= 15 is 0 Å². The standard InChI is InChI=1S/C19H17Cl2F3N4O2/c20-12-1-3-15(14(9-12)27-17(29)11-5-7-25-8-6-11)28(18(30)19(22,23)24)16-4-2-13(21)10-26-16/h1-4,9-11,25H,5-8H2,(H,27,29). The van der Waals surface area contributed by atoms with Gasteiger partial charge in [0.25, 0.3) is 0 Å². The Labute approximate surface area is 180 Å². The number of nitrogens with one attached hydrogen (secondary N) is 2. The van der Waals surface area contributed by atoms with E-state index in [2.05, 4.69) is 15.6 Å². The lowest BCUT2D eigenvalue weighted by molar-refractivity contribution is -0.169. The zero-order valence-electron chi connectivity index (χ0n) is 15.5. The quantitative estimate of drug-likeness (QED) is 0.701. The number of carbonyl (C=O) groups excluding carboxylic acids is 2. The first kappa shape index (κ1) is 22.3. The molecule has 1 saturated heterocycles. The van der Waals surface area contributed by atoms with E-state index in [1.54, 1.807) is 0 Å². The Hall–Kier alpha value is -2.36. The number of hydrogen-bond donors (Lipinski definition) is 2. The van der Waals surface area contributed by atoms with E-state index in [9.17, 15) is 22.8 Å². The van der Waals surface area contributed by atoms with Crippen LogP contribution in [0.25, 0.3) is 0 Å². The van der Waals surface area contributed by atoms with Crippen molar-refractivity contribution in [1.29, 1.82) is 0 Å². The molecule has 30 heavy (non-hydrogen) atoms. The summed E-state index contributed by atoms with van der Waals surface area (Å²) in [4.78, 5) is 29.1. The summed E-state index contributed by atoms with van der Waals surface area (Å²) in [7, 11) is 0. The summed E-state index contributed by atoms with van der Waals surface area (Å²) in [5.41, 5.74) is -0.237. The number of anilines is 3. The minimum atomic E-state index is -5.18. The second-order valence-electron chi connectivity index (χ2n) is 6.65. The number of nitrogens with zero attached hydrogens (tertiary/aromatic N) is 2. The van der Waals surface area contributed by atoms with Gasteiger partial charge in [0.2, 0.25) is 5.91 Å². The van der Waals surface area contributed by atoms with Crippen LogP contribution in [0.15, 0.2) is 36.5 Å². The summed E-state index contributed by atoms with van der Waals surface area (Å²) in [6.07, 6.45) is -2.88. The van der Waals surface area contributed by atoms with Gasteiger partial charge in [0, 0.05) is 17.1 Å². The van der Waals surface area contributed by atoms with Gasteiger partial charge in [0.1, 0.15) is 5.82 Å². The topological polar surface area (TPSA) is 74.3 Å². The van der Waals surface area contributed by atoms with Gasteiger partial charge in [-0.2, -0.15) is 13.2 Å². The van der Waals surface area contributed by atoms with Crippen LogP contribution in [0.5, 0.6) is 0 Å². The monoisotopic (exact) mass is 460 g/mol. The molecule has 0 spiro atoms. The summed E-state index contributed by atoms with van der Waals surface area (Å²) >= 11 is 11.8. The van der Waals surface area contributed by atoms with Crippen LogP contribution in [0.2, 0.25) is 10.0 Å². The third-order valence-corrected chi connectivity index (χ3v) is 5.01. The zero-order valence-corrected chi connectivity index (χ0v) is 17.0. The summed E-state index contributed by atoms with van der Waals surface area (Å²) < 4.78 is 40.0. The fraction of sp³-hybridized carbons (Fsp3) is 0.316. The highest BCUT2D eigenvalue weighted by Crippen LogP contribution is 2.37. The van der Waals surface area contributed by atoms with Crippen molar-refractivity contribution in [2.24, 2.45) is 5.92 Å². The Bertz CT molecular complexity index is 932. The summed E-state index contributed by atoms with van der Waals surface area (Å²) in [5, 5.41) is 6.13. The van der Waals surface area contributed by atoms with Crippen LogP contribution in [-0.2, 0) is 9.59 Å². The third kappa shape index (κ3) is 5.21. The van der Waals surface area contributed by atoms with Crippen LogP contribution in [0.1, 0.15) is 12.8 Å². The highest BCUT2D eigenvalue weighted by atomic mass is 35.5. The minimum absolute atomic E-state index is 0.0274. The molecule has 2 amide bonds. The van der Waals surface area contributed by atoms with Crippen LogP contribution >= 0.6 is 23.2 Å². The average Bonchev–Trinajstić information content (AvgIpc) is 2.71. The number of rotatable bonds is 4. The minimum Gasteiger partial charge on any atom is -0.324 e. The number of aromatic nitrogens is 1. The Morgan fingerprint density at radius 3 is 2.37 bits per heavy atom. The number of carbonyl (C=O) groups is 2. The molecule has 1 fully saturated rings. The van der Waals surface area contributed by atoms with Gasteiger partial charge in [-0.25, -0.2) is 4.98 Å². The Balaban J connectivity index is 2.03. The van der Waals surface area contributed by atoms with Crippen molar-refractivity contribution in [3.05, 3.63) is 46.6 Å². The summed E-state index contributed by atoms with van der Waals surface area (Å²) in [6.45, 7) is 1.32. The van der Waals surface area contributed by atoms with Crippen molar-refractivity contribution in [3.8, 4) is 0 Å². The molecule has 0 unspecified atom stereocenters. The first-order valence-corrected chi connectivity index (χ1v) is 9.76. The maximum absolute atomic E-state index is 13.3. The molecule has 3 rings (SSSR count). The van der Waals surface area contributed by atoms with Gasteiger partial charge < -0.3 is 10.6 Å². The normalized spacial score (nSPS) is 15.0. The van der Waals surface area contributed by atoms with Gasteiger partial charge in [0.15, 0.2) is 0 Å². The van der Waals surface area contributed by atoms with Crippen molar-refractivity contribution < 1.29 is 22.8 Å². The molecular formula is C19H17Cl2F3N4O2. The van der Waals surface area contributed by atoms with Crippen molar-refractivity contribution in [1.82, 2.24) is 10.3 Å². The predicted molar refractivity (Wildman–Crippen MR) is 108 cm³/mol. The number of alkyl halides is 3.